The molecule has 2 aromatic rings. The number of hydrogen-bond donors (Lipinski definition) is 0. The summed E-state index contributed by atoms with van der Waals surface area (Å²) >= 11 is 2.23. The van der Waals surface area contributed by atoms with Gasteiger partial charge in [0.25, 0.3) is 5.91 Å². The summed E-state index contributed by atoms with van der Waals surface area (Å²) in [7, 11) is 2.08. The van der Waals surface area contributed by atoms with Crippen LogP contribution in [0.3, 0.4) is 0 Å². The van der Waals surface area contributed by atoms with E-state index in [1.54, 1.807) is 0 Å². The van der Waals surface area contributed by atoms with Crippen molar-refractivity contribution in [1.82, 2.24) is 4.90 Å². The fourth-order valence-corrected chi connectivity index (χ4v) is 3.29. The van der Waals surface area contributed by atoms with Gasteiger partial charge in [-0.1, -0.05) is 30.3 Å². The van der Waals surface area contributed by atoms with Gasteiger partial charge in [0.05, 0.1) is 5.56 Å². The Morgan fingerprint density at radius 2 is 1.76 bits per heavy atom. The van der Waals surface area contributed by atoms with Gasteiger partial charge < -0.3 is 9.80 Å². The van der Waals surface area contributed by atoms with Crippen molar-refractivity contribution in [2.75, 3.05) is 25.0 Å². The van der Waals surface area contributed by atoms with Crippen molar-refractivity contribution >= 4 is 34.2 Å². The molecular weight excluding hydrogens is 375 g/mol. The van der Waals surface area contributed by atoms with Crippen molar-refractivity contribution in [2.24, 2.45) is 0 Å². The van der Waals surface area contributed by atoms with E-state index in [-0.39, 0.29) is 5.91 Å². The van der Waals surface area contributed by atoms with Crippen molar-refractivity contribution in [3.05, 3.63) is 63.2 Å². The lowest BCUT2D eigenvalue weighted by atomic mass is 10.1. The fourth-order valence-electron chi connectivity index (χ4n) is 2.67. The van der Waals surface area contributed by atoms with Crippen LogP contribution in [0.5, 0.6) is 0 Å². The quantitative estimate of drug-likeness (QED) is 0.695. The Bertz CT molecular complexity index is 671. The van der Waals surface area contributed by atoms with E-state index < -0.39 is 0 Å². The van der Waals surface area contributed by atoms with Gasteiger partial charge in [-0.25, -0.2) is 0 Å². The van der Waals surface area contributed by atoms with Crippen LogP contribution in [0.1, 0.15) is 15.9 Å². The lowest BCUT2D eigenvalue weighted by Crippen LogP contribution is -2.34. The SMILES string of the molecule is CN1CCN(C(=O)c2ccccc2I)Cc2ccccc21. The zero-order valence-corrected chi connectivity index (χ0v) is 14.1. The van der Waals surface area contributed by atoms with E-state index in [9.17, 15) is 4.79 Å². The zero-order chi connectivity index (χ0) is 14.8. The van der Waals surface area contributed by atoms with Gasteiger partial charge in [0.1, 0.15) is 0 Å². The minimum Gasteiger partial charge on any atom is -0.373 e. The molecule has 0 aromatic heterocycles. The smallest absolute Gasteiger partial charge is 0.255 e. The van der Waals surface area contributed by atoms with E-state index in [1.165, 1.54) is 11.3 Å². The van der Waals surface area contributed by atoms with Crippen molar-refractivity contribution in [2.45, 2.75) is 6.54 Å². The van der Waals surface area contributed by atoms with Crippen LogP contribution >= 0.6 is 22.6 Å². The van der Waals surface area contributed by atoms with E-state index in [1.807, 2.05) is 41.3 Å². The molecule has 0 aliphatic carbocycles. The Labute approximate surface area is 138 Å². The van der Waals surface area contributed by atoms with E-state index >= 15 is 0 Å². The van der Waals surface area contributed by atoms with Crippen LogP contribution in [0.2, 0.25) is 0 Å². The summed E-state index contributed by atoms with van der Waals surface area (Å²) in [5.41, 5.74) is 3.22. The van der Waals surface area contributed by atoms with E-state index in [0.717, 1.165) is 22.2 Å². The van der Waals surface area contributed by atoms with E-state index in [2.05, 4.69) is 46.7 Å². The number of anilines is 1. The van der Waals surface area contributed by atoms with Crippen molar-refractivity contribution in [3.8, 4) is 0 Å². The molecule has 4 heteroatoms. The summed E-state index contributed by atoms with van der Waals surface area (Å²) in [5, 5.41) is 0. The zero-order valence-electron chi connectivity index (χ0n) is 11.9. The molecule has 1 aliphatic rings. The van der Waals surface area contributed by atoms with Crippen molar-refractivity contribution in [1.29, 1.82) is 0 Å². The maximum absolute atomic E-state index is 12.8. The molecule has 0 saturated heterocycles. The highest BCUT2D eigenvalue weighted by molar-refractivity contribution is 14.1. The molecule has 0 bridgehead atoms. The number of hydrogen-bond acceptors (Lipinski definition) is 2. The van der Waals surface area contributed by atoms with Gasteiger partial charge in [-0.05, 0) is 46.4 Å². The van der Waals surface area contributed by atoms with E-state index in [0.29, 0.717) is 6.54 Å². The summed E-state index contributed by atoms with van der Waals surface area (Å²) in [5.74, 6) is 0.116. The van der Waals surface area contributed by atoms with Gasteiger partial charge in [-0.3, -0.25) is 4.79 Å². The third-order valence-corrected chi connectivity index (χ3v) is 4.80. The Morgan fingerprint density at radius 1 is 1.05 bits per heavy atom. The average Bonchev–Trinajstić information content (AvgIpc) is 2.67. The van der Waals surface area contributed by atoms with Crippen LogP contribution in [0.15, 0.2) is 48.5 Å². The van der Waals surface area contributed by atoms with E-state index in [4.69, 9.17) is 0 Å². The summed E-state index contributed by atoms with van der Waals surface area (Å²) < 4.78 is 1.01. The number of halogens is 1. The summed E-state index contributed by atoms with van der Waals surface area (Å²) in [6.45, 7) is 2.27. The number of rotatable bonds is 1. The number of fused-ring (bicyclic) bond motifs is 1. The Kier molecular flexibility index (Phi) is 4.14. The second-order valence-electron chi connectivity index (χ2n) is 5.26. The molecule has 1 aliphatic heterocycles. The molecule has 108 valence electrons. The predicted octanol–water partition coefficient (Wildman–Crippen LogP) is 3.38. The first kappa shape index (κ1) is 14.4. The normalized spacial score (nSPS) is 14.6. The average molecular weight is 392 g/mol. The lowest BCUT2D eigenvalue weighted by molar-refractivity contribution is 0.0750. The molecule has 0 N–H and O–H groups in total. The molecule has 0 fully saturated rings. The molecule has 3 rings (SSSR count). The molecule has 2 aromatic carbocycles. The number of carbonyl (C=O) groups is 1. The van der Waals surface area contributed by atoms with Crippen LogP contribution in [-0.2, 0) is 6.54 Å². The maximum Gasteiger partial charge on any atom is 0.255 e. The van der Waals surface area contributed by atoms with Gasteiger partial charge in [0.15, 0.2) is 0 Å². The molecule has 21 heavy (non-hydrogen) atoms. The third-order valence-electron chi connectivity index (χ3n) is 3.86. The van der Waals surface area contributed by atoms with Crippen molar-refractivity contribution in [3.63, 3.8) is 0 Å². The molecular formula is C17H17IN2O. The first-order valence-electron chi connectivity index (χ1n) is 6.99. The van der Waals surface area contributed by atoms with Gasteiger partial charge in [-0.15, -0.1) is 0 Å². The van der Waals surface area contributed by atoms with Crippen LogP contribution in [-0.4, -0.2) is 30.9 Å². The third kappa shape index (κ3) is 2.90. The van der Waals surface area contributed by atoms with Crippen LogP contribution in [0, 0.1) is 3.57 Å². The minimum absolute atomic E-state index is 0.116. The molecule has 1 heterocycles. The molecule has 0 saturated carbocycles. The highest BCUT2D eigenvalue weighted by Gasteiger charge is 2.23. The largest absolute Gasteiger partial charge is 0.373 e. The number of nitrogens with zero attached hydrogens (tertiary/aromatic N) is 2. The Balaban J connectivity index is 1.91. The lowest BCUT2D eigenvalue weighted by Gasteiger charge is -2.21. The Hall–Kier alpha value is -1.56. The molecule has 3 nitrogen and oxygen atoms in total. The first-order chi connectivity index (χ1) is 10.2. The van der Waals surface area contributed by atoms with Crippen LogP contribution in [0.4, 0.5) is 5.69 Å². The van der Waals surface area contributed by atoms with Crippen molar-refractivity contribution < 1.29 is 4.79 Å². The van der Waals surface area contributed by atoms with Gasteiger partial charge in [0, 0.05) is 35.9 Å². The second kappa shape index (κ2) is 6.05. The Morgan fingerprint density at radius 3 is 2.57 bits per heavy atom. The van der Waals surface area contributed by atoms with Gasteiger partial charge >= 0.3 is 0 Å². The highest BCUT2D eigenvalue weighted by Crippen LogP contribution is 2.25. The predicted molar refractivity (Wildman–Crippen MR) is 93.6 cm³/mol. The summed E-state index contributed by atoms with van der Waals surface area (Å²) in [4.78, 5) is 17.0. The number of amides is 1. The van der Waals surface area contributed by atoms with Crippen LogP contribution < -0.4 is 4.90 Å². The molecule has 0 atom stereocenters. The number of benzene rings is 2. The first-order valence-corrected chi connectivity index (χ1v) is 8.07. The number of para-hydroxylation sites is 1. The molecule has 0 spiro atoms. The number of carbonyl (C=O) groups excluding carboxylic acids is 1. The monoisotopic (exact) mass is 392 g/mol. The minimum atomic E-state index is 0.116. The highest BCUT2D eigenvalue weighted by atomic mass is 127. The van der Waals surface area contributed by atoms with Gasteiger partial charge in [-0.2, -0.15) is 0 Å². The number of likely N-dealkylation sites (N-methyl/N-ethyl adjacent to an activating group) is 1. The fraction of sp³-hybridized carbons (Fsp3) is 0.235. The van der Waals surface area contributed by atoms with Crippen LogP contribution in [0.25, 0.3) is 0 Å². The molecule has 0 unspecified atom stereocenters. The summed E-state index contributed by atoms with van der Waals surface area (Å²) in [6.07, 6.45) is 0. The molecule has 1 amide bonds. The maximum atomic E-state index is 12.8. The van der Waals surface area contributed by atoms with Gasteiger partial charge in [0.2, 0.25) is 0 Å². The molecule has 0 radical (unpaired) electrons. The second-order valence-corrected chi connectivity index (χ2v) is 6.42. The standard InChI is InChI=1S/C17H17IN2O/c1-19-10-11-20(12-13-6-2-5-9-16(13)19)17(21)14-7-3-4-8-15(14)18/h2-9H,10-12H2,1H3. The summed E-state index contributed by atoms with van der Waals surface area (Å²) in [6, 6.07) is 16.1. The topological polar surface area (TPSA) is 23.6 Å².